The molecule has 1 aliphatic heterocycles. The van der Waals surface area contributed by atoms with Crippen molar-refractivity contribution < 1.29 is 18.7 Å². The summed E-state index contributed by atoms with van der Waals surface area (Å²) >= 11 is 0. The Bertz CT molecular complexity index is 1030. The summed E-state index contributed by atoms with van der Waals surface area (Å²) in [5.74, 6) is -0.130. The second-order valence-electron chi connectivity index (χ2n) is 6.25. The van der Waals surface area contributed by atoms with E-state index in [0.29, 0.717) is 28.3 Å². The summed E-state index contributed by atoms with van der Waals surface area (Å²) in [6, 6.07) is 10.9. The van der Waals surface area contributed by atoms with Crippen molar-refractivity contribution in [2.24, 2.45) is 0 Å². The van der Waals surface area contributed by atoms with Gasteiger partial charge < -0.3 is 4.74 Å². The molecule has 9 heteroatoms. The Labute approximate surface area is 159 Å². The third-order valence-electron chi connectivity index (χ3n) is 4.49. The van der Waals surface area contributed by atoms with Gasteiger partial charge in [0.25, 0.3) is 11.8 Å². The van der Waals surface area contributed by atoms with Crippen LogP contribution in [0.1, 0.15) is 32.1 Å². The molecule has 0 radical (unpaired) electrons. The van der Waals surface area contributed by atoms with Crippen LogP contribution in [-0.4, -0.2) is 50.6 Å². The average molecular weight is 381 g/mol. The van der Waals surface area contributed by atoms with E-state index in [1.54, 1.807) is 24.3 Å². The summed E-state index contributed by atoms with van der Waals surface area (Å²) in [7, 11) is 1.50. The maximum absolute atomic E-state index is 13.5. The van der Waals surface area contributed by atoms with Crippen LogP contribution in [0, 0.1) is 5.82 Å². The first-order valence-corrected chi connectivity index (χ1v) is 8.61. The van der Waals surface area contributed by atoms with Crippen molar-refractivity contribution in [1.29, 1.82) is 0 Å². The number of carbonyl (C=O) groups excluding carboxylic acids is 2. The van der Waals surface area contributed by atoms with Crippen LogP contribution in [0.3, 0.4) is 0 Å². The summed E-state index contributed by atoms with van der Waals surface area (Å²) in [6.07, 6.45) is 0.270. The first-order chi connectivity index (χ1) is 13.6. The van der Waals surface area contributed by atoms with Gasteiger partial charge in [0.05, 0.1) is 24.8 Å². The standard InChI is InChI=1S/C19H16FN5O3/c1-28-16-7-6-13(20)10-12(16)11-25-22-17(21-23-25)8-9-24-18(26)14-4-2-3-5-15(14)19(24)27/h2-7,10H,8-9,11H2,1H3. The summed E-state index contributed by atoms with van der Waals surface area (Å²) in [5.41, 5.74) is 1.39. The number of rotatable bonds is 6. The number of methoxy groups -OCH3 is 1. The number of ether oxygens (including phenoxy) is 1. The van der Waals surface area contributed by atoms with Crippen molar-refractivity contribution in [1.82, 2.24) is 25.1 Å². The number of nitrogens with zero attached hydrogens (tertiary/aromatic N) is 5. The number of benzene rings is 2. The topological polar surface area (TPSA) is 90.2 Å². The smallest absolute Gasteiger partial charge is 0.261 e. The Balaban J connectivity index is 1.43. The van der Waals surface area contributed by atoms with Crippen LogP contribution in [0.5, 0.6) is 5.75 Å². The van der Waals surface area contributed by atoms with Crippen LogP contribution in [-0.2, 0) is 13.0 Å². The van der Waals surface area contributed by atoms with Crippen molar-refractivity contribution in [2.45, 2.75) is 13.0 Å². The molecule has 0 fully saturated rings. The highest BCUT2D eigenvalue weighted by Crippen LogP contribution is 2.22. The van der Waals surface area contributed by atoms with E-state index in [1.807, 2.05) is 0 Å². The van der Waals surface area contributed by atoms with E-state index in [2.05, 4.69) is 15.4 Å². The van der Waals surface area contributed by atoms with Gasteiger partial charge in [0.2, 0.25) is 0 Å². The van der Waals surface area contributed by atoms with Crippen LogP contribution < -0.4 is 4.74 Å². The van der Waals surface area contributed by atoms with E-state index in [0.717, 1.165) is 0 Å². The fraction of sp³-hybridized carbons (Fsp3) is 0.211. The quantitative estimate of drug-likeness (QED) is 0.604. The minimum absolute atomic E-state index is 0.154. The normalized spacial score (nSPS) is 13.1. The molecule has 142 valence electrons. The van der Waals surface area contributed by atoms with E-state index in [4.69, 9.17) is 4.74 Å². The molecule has 3 aromatic rings. The number of carbonyl (C=O) groups is 2. The monoisotopic (exact) mass is 381 g/mol. The number of imide groups is 1. The summed E-state index contributed by atoms with van der Waals surface area (Å²) in [4.78, 5) is 27.2. The van der Waals surface area contributed by atoms with Gasteiger partial charge >= 0.3 is 0 Å². The van der Waals surface area contributed by atoms with Gasteiger partial charge in [-0.25, -0.2) is 4.39 Å². The number of hydrogen-bond acceptors (Lipinski definition) is 6. The van der Waals surface area contributed by atoms with E-state index < -0.39 is 0 Å². The zero-order chi connectivity index (χ0) is 19.7. The molecule has 0 saturated carbocycles. The minimum Gasteiger partial charge on any atom is -0.496 e. The highest BCUT2D eigenvalue weighted by atomic mass is 19.1. The first kappa shape index (κ1) is 17.8. The molecular formula is C19H16FN5O3. The van der Waals surface area contributed by atoms with Crippen molar-refractivity contribution in [2.75, 3.05) is 13.7 Å². The molecule has 2 heterocycles. The van der Waals surface area contributed by atoms with E-state index in [-0.39, 0.29) is 37.1 Å². The molecule has 1 aliphatic rings. The molecule has 8 nitrogen and oxygen atoms in total. The Morgan fingerprint density at radius 1 is 1.07 bits per heavy atom. The number of hydrogen-bond donors (Lipinski definition) is 0. The van der Waals surface area contributed by atoms with Crippen LogP contribution in [0.25, 0.3) is 0 Å². The summed E-state index contributed by atoms with van der Waals surface area (Å²) in [5, 5.41) is 12.1. The van der Waals surface area contributed by atoms with Gasteiger partial charge in [0, 0.05) is 18.5 Å². The van der Waals surface area contributed by atoms with E-state index >= 15 is 0 Å². The third kappa shape index (κ3) is 3.22. The number of tetrazole rings is 1. The van der Waals surface area contributed by atoms with Crippen LogP contribution in [0.2, 0.25) is 0 Å². The van der Waals surface area contributed by atoms with E-state index in [9.17, 15) is 14.0 Å². The molecule has 0 spiro atoms. The minimum atomic E-state index is -0.387. The highest BCUT2D eigenvalue weighted by Gasteiger charge is 2.34. The Hall–Kier alpha value is -3.62. The lowest BCUT2D eigenvalue weighted by Gasteiger charge is -2.11. The lowest BCUT2D eigenvalue weighted by atomic mass is 10.1. The lowest BCUT2D eigenvalue weighted by Crippen LogP contribution is -2.32. The molecule has 4 rings (SSSR count). The van der Waals surface area contributed by atoms with Crippen LogP contribution >= 0.6 is 0 Å². The van der Waals surface area contributed by atoms with Gasteiger partial charge in [-0.3, -0.25) is 14.5 Å². The molecule has 0 bridgehead atoms. The first-order valence-electron chi connectivity index (χ1n) is 8.61. The molecule has 28 heavy (non-hydrogen) atoms. The molecule has 0 saturated heterocycles. The molecule has 1 aromatic heterocycles. The molecule has 0 aliphatic carbocycles. The highest BCUT2D eigenvalue weighted by molar-refractivity contribution is 6.21. The number of amides is 2. The van der Waals surface area contributed by atoms with Crippen LogP contribution in [0.4, 0.5) is 4.39 Å². The summed E-state index contributed by atoms with van der Waals surface area (Å²) in [6.45, 7) is 0.336. The van der Waals surface area contributed by atoms with Crippen molar-refractivity contribution in [3.05, 3.63) is 70.8 Å². The Kier molecular flexibility index (Phi) is 4.56. The fourth-order valence-electron chi connectivity index (χ4n) is 3.12. The van der Waals surface area contributed by atoms with E-state index in [1.165, 1.54) is 35.0 Å². The van der Waals surface area contributed by atoms with Gasteiger partial charge in [-0.2, -0.15) is 4.80 Å². The second kappa shape index (κ2) is 7.18. The second-order valence-corrected chi connectivity index (χ2v) is 6.25. The number of fused-ring (bicyclic) bond motifs is 1. The SMILES string of the molecule is COc1ccc(F)cc1Cn1nnc(CCN2C(=O)c3ccccc3C2=O)n1. The number of halogens is 1. The number of aromatic nitrogens is 4. The average Bonchev–Trinajstić information content (AvgIpc) is 3.24. The molecule has 2 aromatic carbocycles. The van der Waals surface area contributed by atoms with Gasteiger partial charge in [0.15, 0.2) is 5.82 Å². The maximum Gasteiger partial charge on any atom is 0.261 e. The van der Waals surface area contributed by atoms with Crippen molar-refractivity contribution >= 4 is 11.8 Å². The summed E-state index contributed by atoms with van der Waals surface area (Å²) < 4.78 is 18.7. The van der Waals surface area contributed by atoms with Crippen molar-refractivity contribution in [3.63, 3.8) is 0 Å². The maximum atomic E-state index is 13.5. The molecule has 0 atom stereocenters. The van der Waals surface area contributed by atoms with Gasteiger partial charge in [0.1, 0.15) is 11.6 Å². The zero-order valence-electron chi connectivity index (χ0n) is 15.0. The van der Waals surface area contributed by atoms with Gasteiger partial charge in [-0.1, -0.05) is 12.1 Å². The molecule has 0 unspecified atom stereocenters. The molecule has 2 amide bonds. The van der Waals surface area contributed by atoms with Gasteiger partial charge in [-0.05, 0) is 35.5 Å². The Morgan fingerprint density at radius 3 is 2.46 bits per heavy atom. The Morgan fingerprint density at radius 2 is 1.79 bits per heavy atom. The molecule has 0 N–H and O–H groups in total. The largest absolute Gasteiger partial charge is 0.496 e. The van der Waals surface area contributed by atoms with Crippen LogP contribution in [0.15, 0.2) is 42.5 Å². The zero-order valence-corrected chi connectivity index (χ0v) is 15.0. The third-order valence-corrected chi connectivity index (χ3v) is 4.49. The lowest BCUT2D eigenvalue weighted by molar-refractivity contribution is 0.0655. The van der Waals surface area contributed by atoms with Crippen molar-refractivity contribution in [3.8, 4) is 5.75 Å². The molecular weight excluding hydrogens is 365 g/mol. The van der Waals surface area contributed by atoms with Gasteiger partial charge in [-0.15, -0.1) is 10.2 Å². The predicted molar refractivity (Wildman–Crippen MR) is 95.4 cm³/mol. The fourth-order valence-corrected chi connectivity index (χ4v) is 3.12. The predicted octanol–water partition coefficient (Wildman–Crippen LogP) is 1.71.